The SMILES string of the molecule is COc1cc(C(C)=O)c(C(F)(F)F)cc1Br. The molecule has 0 heterocycles. The third-order valence-electron chi connectivity index (χ3n) is 1.98. The molecule has 0 aliphatic heterocycles. The predicted molar refractivity (Wildman–Crippen MR) is 55.7 cm³/mol. The maximum Gasteiger partial charge on any atom is 0.417 e. The summed E-state index contributed by atoms with van der Waals surface area (Å²) < 4.78 is 42.8. The van der Waals surface area contributed by atoms with Crippen LogP contribution in [-0.2, 0) is 6.18 Å². The molecule has 0 unspecified atom stereocenters. The number of hydrogen-bond acceptors (Lipinski definition) is 2. The molecule has 0 fully saturated rings. The lowest BCUT2D eigenvalue weighted by molar-refractivity contribution is -0.138. The first-order chi connectivity index (χ1) is 7.27. The number of alkyl halides is 3. The topological polar surface area (TPSA) is 26.3 Å². The lowest BCUT2D eigenvalue weighted by Crippen LogP contribution is -2.12. The molecular weight excluding hydrogens is 289 g/mol. The fraction of sp³-hybridized carbons (Fsp3) is 0.300. The van der Waals surface area contributed by atoms with Crippen LogP contribution in [0.2, 0.25) is 0 Å². The molecule has 6 heteroatoms. The van der Waals surface area contributed by atoms with Crippen molar-refractivity contribution in [2.75, 3.05) is 7.11 Å². The van der Waals surface area contributed by atoms with Gasteiger partial charge in [-0.15, -0.1) is 0 Å². The molecule has 88 valence electrons. The Balaban J connectivity index is 3.49. The van der Waals surface area contributed by atoms with Crippen molar-refractivity contribution >= 4 is 21.7 Å². The number of methoxy groups -OCH3 is 1. The monoisotopic (exact) mass is 296 g/mol. The summed E-state index contributed by atoms with van der Waals surface area (Å²) in [4.78, 5) is 11.1. The molecule has 1 rings (SSSR count). The minimum absolute atomic E-state index is 0.160. The Bertz CT molecular complexity index is 427. The summed E-state index contributed by atoms with van der Waals surface area (Å²) in [6.45, 7) is 1.08. The number of halogens is 4. The van der Waals surface area contributed by atoms with Crippen LogP contribution in [0.5, 0.6) is 5.75 Å². The van der Waals surface area contributed by atoms with E-state index in [0.717, 1.165) is 19.1 Å². The zero-order valence-corrected chi connectivity index (χ0v) is 10.1. The zero-order valence-electron chi connectivity index (χ0n) is 8.48. The average molecular weight is 297 g/mol. The van der Waals surface area contributed by atoms with Crippen LogP contribution in [0.3, 0.4) is 0 Å². The van der Waals surface area contributed by atoms with E-state index in [1.165, 1.54) is 7.11 Å². The van der Waals surface area contributed by atoms with Crippen LogP contribution in [0, 0.1) is 0 Å². The quantitative estimate of drug-likeness (QED) is 0.778. The highest BCUT2D eigenvalue weighted by Gasteiger charge is 2.35. The number of carbonyl (C=O) groups is 1. The molecule has 0 bridgehead atoms. The fourth-order valence-corrected chi connectivity index (χ4v) is 1.74. The maximum atomic E-state index is 12.6. The first kappa shape index (κ1) is 13.0. The zero-order chi connectivity index (χ0) is 12.5. The van der Waals surface area contributed by atoms with Gasteiger partial charge < -0.3 is 4.74 Å². The Morgan fingerprint density at radius 2 is 1.94 bits per heavy atom. The Kier molecular flexibility index (Phi) is 3.62. The molecule has 0 N–H and O–H groups in total. The Hall–Kier alpha value is -1.04. The van der Waals surface area contributed by atoms with Crippen molar-refractivity contribution in [1.29, 1.82) is 0 Å². The van der Waals surface area contributed by atoms with Crippen molar-refractivity contribution in [2.24, 2.45) is 0 Å². The summed E-state index contributed by atoms with van der Waals surface area (Å²) in [5, 5.41) is 0. The molecule has 1 aromatic carbocycles. The molecule has 0 aromatic heterocycles. The van der Waals surface area contributed by atoms with Crippen molar-refractivity contribution in [3.05, 3.63) is 27.7 Å². The van der Waals surface area contributed by atoms with E-state index in [1.54, 1.807) is 0 Å². The van der Waals surface area contributed by atoms with Gasteiger partial charge in [0, 0.05) is 5.56 Å². The lowest BCUT2D eigenvalue weighted by Gasteiger charge is -2.13. The smallest absolute Gasteiger partial charge is 0.417 e. The van der Waals surface area contributed by atoms with Gasteiger partial charge in [-0.05, 0) is 35.0 Å². The summed E-state index contributed by atoms with van der Waals surface area (Å²) in [6, 6.07) is 1.92. The second kappa shape index (κ2) is 4.45. The number of ether oxygens (including phenoxy) is 1. The maximum absolute atomic E-state index is 12.6. The number of benzene rings is 1. The van der Waals surface area contributed by atoms with Gasteiger partial charge in [0.25, 0.3) is 0 Å². The lowest BCUT2D eigenvalue weighted by atomic mass is 10.0. The molecule has 0 atom stereocenters. The van der Waals surface area contributed by atoms with Crippen LogP contribution in [0.25, 0.3) is 0 Å². The van der Waals surface area contributed by atoms with Gasteiger partial charge in [0.2, 0.25) is 0 Å². The van der Waals surface area contributed by atoms with Crippen LogP contribution in [-0.4, -0.2) is 12.9 Å². The van der Waals surface area contributed by atoms with Crippen LogP contribution < -0.4 is 4.74 Å². The van der Waals surface area contributed by atoms with E-state index in [2.05, 4.69) is 15.9 Å². The standard InChI is InChI=1S/C10H8BrF3O2/c1-5(15)6-3-9(16-2)8(11)4-7(6)10(12,13)14/h3-4H,1-2H3. The molecule has 0 radical (unpaired) electrons. The Morgan fingerprint density at radius 3 is 2.31 bits per heavy atom. The first-order valence-corrected chi connectivity index (χ1v) is 5.02. The summed E-state index contributed by atoms with van der Waals surface area (Å²) in [7, 11) is 1.32. The van der Waals surface area contributed by atoms with Gasteiger partial charge in [0.05, 0.1) is 17.1 Å². The minimum atomic E-state index is -4.56. The van der Waals surface area contributed by atoms with Gasteiger partial charge >= 0.3 is 6.18 Å². The minimum Gasteiger partial charge on any atom is -0.496 e. The number of hydrogen-bond donors (Lipinski definition) is 0. The van der Waals surface area contributed by atoms with E-state index in [1.807, 2.05) is 0 Å². The van der Waals surface area contributed by atoms with E-state index in [4.69, 9.17) is 4.74 Å². The number of rotatable bonds is 2. The number of ketones is 1. The Labute approximate surface area is 98.5 Å². The highest BCUT2D eigenvalue weighted by atomic mass is 79.9. The van der Waals surface area contributed by atoms with Gasteiger partial charge in [-0.2, -0.15) is 13.2 Å². The molecule has 0 aliphatic carbocycles. The van der Waals surface area contributed by atoms with Gasteiger partial charge in [-0.25, -0.2) is 0 Å². The molecule has 0 aliphatic rings. The molecule has 1 aromatic rings. The largest absolute Gasteiger partial charge is 0.496 e. The van der Waals surface area contributed by atoms with Gasteiger partial charge in [0.1, 0.15) is 5.75 Å². The second-order valence-electron chi connectivity index (χ2n) is 3.09. The predicted octanol–water partition coefficient (Wildman–Crippen LogP) is 3.68. The van der Waals surface area contributed by atoms with Crippen LogP contribution in [0.15, 0.2) is 16.6 Å². The van der Waals surface area contributed by atoms with E-state index in [9.17, 15) is 18.0 Å². The van der Waals surface area contributed by atoms with Gasteiger partial charge in [-0.1, -0.05) is 0 Å². The third-order valence-corrected chi connectivity index (χ3v) is 2.60. The van der Waals surface area contributed by atoms with Crippen molar-refractivity contribution < 1.29 is 22.7 Å². The number of carbonyl (C=O) groups excluding carboxylic acids is 1. The molecule has 0 saturated heterocycles. The van der Waals surface area contributed by atoms with Crippen molar-refractivity contribution in [3.63, 3.8) is 0 Å². The number of Topliss-reactive ketones (excluding diaryl/α,β-unsaturated/α-hetero) is 1. The van der Waals surface area contributed by atoms with E-state index in [0.29, 0.717) is 0 Å². The van der Waals surface area contributed by atoms with Crippen molar-refractivity contribution in [2.45, 2.75) is 13.1 Å². The van der Waals surface area contributed by atoms with Crippen LogP contribution in [0.1, 0.15) is 22.8 Å². The van der Waals surface area contributed by atoms with E-state index >= 15 is 0 Å². The third kappa shape index (κ3) is 2.55. The van der Waals surface area contributed by atoms with Crippen LogP contribution in [0.4, 0.5) is 13.2 Å². The molecule has 16 heavy (non-hydrogen) atoms. The Morgan fingerprint density at radius 1 is 1.38 bits per heavy atom. The molecule has 0 saturated carbocycles. The fourth-order valence-electron chi connectivity index (χ4n) is 1.24. The molecule has 2 nitrogen and oxygen atoms in total. The first-order valence-electron chi connectivity index (χ1n) is 4.23. The average Bonchev–Trinajstić information content (AvgIpc) is 2.15. The van der Waals surface area contributed by atoms with Crippen molar-refractivity contribution in [1.82, 2.24) is 0 Å². The summed E-state index contributed by atoms with van der Waals surface area (Å²) >= 11 is 2.95. The summed E-state index contributed by atoms with van der Waals surface area (Å²) in [5.74, 6) is -0.462. The van der Waals surface area contributed by atoms with Gasteiger partial charge in [-0.3, -0.25) is 4.79 Å². The summed E-state index contributed by atoms with van der Waals surface area (Å²) in [5.41, 5.74) is -1.36. The van der Waals surface area contributed by atoms with E-state index < -0.39 is 23.1 Å². The highest BCUT2D eigenvalue weighted by Crippen LogP contribution is 2.37. The van der Waals surface area contributed by atoms with E-state index in [-0.39, 0.29) is 10.2 Å². The van der Waals surface area contributed by atoms with Crippen LogP contribution >= 0.6 is 15.9 Å². The normalized spacial score (nSPS) is 11.4. The highest BCUT2D eigenvalue weighted by molar-refractivity contribution is 9.10. The van der Waals surface area contributed by atoms with Gasteiger partial charge in [0.15, 0.2) is 5.78 Å². The summed E-state index contributed by atoms with van der Waals surface area (Å²) in [6.07, 6.45) is -4.56. The molecular formula is C10H8BrF3O2. The second-order valence-corrected chi connectivity index (χ2v) is 3.94. The molecule has 0 spiro atoms. The van der Waals surface area contributed by atoms with Crippen molar-refractivity contribution in [3.8, 4) is 5.75 Å². The molecule has 0 amide bonds.